The van der Waals surface area contributed by atoms with Gasteiger partial charge in [-0.15, -0.1) is 0 Å². The summed E-state index contributed by atoms with van der Waals surface area (Å²) in [7, 11) is 2.79. The molecule has 1 fully saturated rings. The summed E-state index contributed by atoms with van der Waals surface area (Å²) in [6.07, 6.45) is 1.63. The number of methoxy groups -OCH3 is 2. The van der Waals surface area contributed by atoms with Gasteiger partial charge in [0.2, 0.25) is 5.76 Å². The summed E-state index contributed by atoms with van der Waals surface area (Å²) in [5.41, 5.74) is 0.751. The minimum absolute atomic E-state index is 0.0152. The summed E-state index contributed by atoms with van der Waals surface area (Å²) >= 11 is 0.851. The van der Waals surface area contributed by atoms with E-state index in [1.807, 2.05) is 6.07 Å². The highest BCUT2D eigenvalue weighted by Gasteiger charge is 2.35. The molecule has 3 rings (SSSR count). The van der Waals surface area contributed by atoms with E-state index >= 15 is 0 Å². The second-order valence-corrected chi connectivity index (χ2v) is 6.30. The van der Waals surface area contributed by atoms with Crippen LogP contribution >= 0.6 is 11.8 Å². The molecule has 0 radical (unpaired) electrons. The largest absolute Gasteiger partial charge is 0.497 e. The molecule has 0 spiro atoms. The van der Waals surface area contributed by atoms with Crippen LogP contribution in [0, 0.1) is 0 Å². The first-order chi connectivity index (χ1) is 12.5. The van der Waals surface area contributed by atoms with Crippen LogP contribution in [0.4, 0.5) is 4.79 Å². The standard InChI is InChI=1S/C18H15NO6S/c1-23-12-5-3-4-11(8-12)9-15-16(20)19(18(22)26-15)10-13-6-7-14(25-13)17(21)24-2/h3-9H,10H2,1-2H3/b15-9+. The van der Waals surface area contributed by atoms with E-state index < -0.39 is 17.1 Å². The van der Waals surface area contributed by atoms with E-state index in [0.29, 0.717) is 16.4 Å². The van der Waals surface area contributed by atoms with Gasteiger partial charge in [0.05, 0.1) is 25.7 Å². The molecule has 0 N–H and O–H groups in total. The molecule has 2 amide bonds. The number of carbonyl (C=O) groups is 3. The summed E-state index contributed by atoms with van der Waals surface area (Å²) in [6.45, 7) is -0.0584. The number of hydrogen-bond donors (Lipinski definition) is 0. The van der Waals surface area contributed by atoms with Gasteiger partial charge in [0.25, 0.3) is 11.1 Å². The minimum atomic E-state index is -0.622. The van der Waals surface area contributed by atoms with Gasteiger partial charge in [0.15, 0.2) is 0 Å². The fraction of sp³-hybridized carbons (Fsp3) is 0.167. The van der Waals surface area contributed by atoms with Crippen molar-refractivity contribution in [3.05, 3.63) is 58.4 Å². The van der Waals surface area contributed by atoms with Gasteiger partial charge in [-0.25, -0.2) is 4.79 Å². The number of ether oxygens (including phenoxy) is 2. The summed E-state index contributed by atoms with van der Waals surface area (Å²) < 4.78 is 15.0. The quantitative estimate of drug-likeness (QED) is 0.587. The maximum absolute atomic E-state index is 12.5. The molecule has 0 unspecified atom stereocenters. The molecule has 2 aromatic rings. The molecule has 0 aliphatic carbocycles. The zero-order valence-electron chi connectivity index (χ0n) is 14.1. The lowest BCUT2D eigenvalue weighted by molar-refractivity contribution is -0.123. The second kappa shape index (κ2) is 7.49. The molecular formula is C18H15NO6S. The predicted octanol–water partition coefficient (Wildman–Crippen LogP) is 3.31. The summed E-state index contributed by atoms with van der Waals surface area (Å²) in [5.74, 6) is -0.0530. The molecule has 2 heterocycles. The minimum Gasteiger partial charge on any atom is -0.497 e. The Morgan fingerprint density at radius 3 is 2.77 bits per heavy atom. The van der Waals surface area contributed by atoms with Gasteiger partial charge in [-0.05, 0) is 47.7 Å². The fourth-order valence-electron chi connectivity index (χ4n) is 2.35. The van der Waals surface area contributed by atoms with Crippen LogP contribution in [-0.2, 0) is 16.1 Å². The Kier molecular flexibility index (Phi) is 5.13. The number of esters is 1. The number of nitrogens with zero attached hydrogens (tertiary/aromatic N) is 1. The van der Waals surface area contributed by atoms with E-state index in [0.717, 1.165) is 22.2 Å². The molecule has 1 aromatic carbocycles. The molecular weight excluding hydrogens is 358 g/mol. The number of thioether (sulfide) groups is 1. The first-order valence-corrected chi connectivity index (χ1v) is 8.40. The van der Waals surface area contributed by atoms with Gasteiger partial charge >= 0.3 is 5.97 Å². The van der Waals surface area contributed by atoms with Crippen molar-refractivity contribution in [2.45, 2.75) is 6.54 Å². The Labute approximate surface area is 153 Å². The second-order valence-electron chi connectivity index (χ2n) is 5.30. The molecule has 1 aromatic heterocycles. The van der Waals surface area contributed by atoms with E-state index in [2.05, 4.69) is 4.74 Å². The van der Waals surface area contributed by atoms with Crippen LogP contribution in [0.25, 0.3) is 6.08 Å². The lowest BCUT2D eigenvalue weighted by atomic mass is 10.2. The SMILES string of the molecule is COC(=O)c1ccc(CN2C(=O)S/C(=C/c3cccc(OC)c3)C2=O)o1. The van der Waals surface area contributed by atoms with Crippen LogP contribution < -0.4 is 4.74 Å². The number of benzene rings is 1. The first kappa shape index (κ1) is 17.8. The number of amides is 2. The predicted molar refractivity (Wildman–Crippen MR) is 94.6 cm³/mol. The van der Waals surface area contributed by atoms with E-state index in [4.69, 9.17) is 9.15 Å². The van der Waals surface area contributed by atoms with E-state index in [1.165, 1.54) is 19.2 Å². The monoisotopic (exact) mass is 373 g/mol. The fourth-order valence-corrected chi connectivity index (χ4v) is 3.19. The van der Waals surface area contributed by atoms with Crippen molar-refractivity contribution in [1.82, 2.24) is 4.90 Å². The van der Waals surface area contributed by atoms with Gasteiger partial charge < -0.3 is 13.9 Å². The maximum Gasteiger partial charge on any atom is 0.373 e. The van der Waals surface area contributed by atoms with Crippen molar-refractivity contribution in [2.75, 3.05) is 14.2 Å². The molecule has 7 nitrogen and oxygen atoms in total. The highest BCUT2D eigenvalue weighted by Crippen LogP contribution is 2.33. The van der Waals surface area contributed by atoms with E-state index in [9.17, 15) is 14.4 Å². The molecule has 8 heteroatoms. The normalized spacial score (nSPS) is 15.6. The summed E-state index contributed by atoms with van der Waals surface area (Å²) in [5, 5.41) is -0.403. The van der Waals surface area contributed by atoms with Gasteiger partial charge in [0, 0.05) is 0 Å². The zero-order valence-corrected chi connectivity index (χ0v) is 14.9. The molecule has 1 aliphatic heterocycles. The smallest absolute Gasteiger partial charge is 0.373 e. The topological polar surface area (TPSA) is 86.0 Å². The maximum atomic E-state index is 12.5. The van der Waals surface area contributed by atoms with Crippen LogP contribution in [0.1, 0.15) is 21.9 Å². The lowest BCUT2D eigenvalue weighted by Crippen LogP contribution is -2.27. The van der Waals surface area contributed by atoms with Crippen molar-refractivity contribution >= 4 is 35.0 Å². The van der Waals surface area contributed by atoms with E-state index in [1.54, 1.807) is 31.4 Å². The Balaban J connectivity index is 1.77. The zero-order chi connectivity index (χ0) is 18.7. The molecule has 1 aliphatic rings. The summed E-state index contributed by atoms with van der Waals surface area (Å²) in [6, 6.07) is 10.1. The molecule has 0 atom stereocenters. The molecule has 134 valence electrons. The van der Waals surface area contributed by atoms with Crippen molar-refractivity contribution in [1.29, 1.82) is 0 Å². The van der Waals surface area contributed by atoms with Crippen molar-refractivity contribution in [2.24, 2.45) is 0 Å². The number of hydrogen-bond acceptors (Lipinski definition) is 7. The van der Waals surface area contributed by atoms with Gasteiger partial charge in [-0.3, -0.25) is 14.5 Å². The van der Waals surface area contributed by atoms with E-state index in [-0.39, 0.29) is 12.3 Å². The van der Waals surface area contributed by atoms with Crippen molar-refractivity contribution in [3.8, 4) is 5.75 Å². The number of furan rings is 1. The highest BCUT2D eigenvalue weighted by molar-refractivity contribution is 8.18. The third kappa shape index (κ3) is 3.65. The number of imide groups is 1. The third-order valence-corrected chi connectivity index (χ3v) is 4.53. The highest BCUT2D eigenvalue weighted by atomic mass is 32.2. The van der Waals surface area contributed by atoms with Gasteiger partial charge in [-0.2, -0.15) is 0 Å². The Bertz CT molecular complexity index is 901. The molecule has 0 bridgehead atoms. The Morgan fingerprint density at radius 2 is 2.04 bits per heavy atom. The number of carbonyl (C=O) groups excluding carboxylic acids is 3. The Hall–Kier alpha value is -3.00. The van der Waals surface area contributed by atoms with Crippen molar-refractivity contribution in [3.63, 3.8) is 0 Å². The van der Waals surface area contributed by atoms with Gasteiger partial charge in [-0.1, -0.05) is 12.1 Å². The Morgan fingerprint density at radius 1 is 1.23 bits per heavy atom. The average Bonchev–Trinajstić information content (AvgIpc) is 3.22. The van der Waals surface area contributed by atoms with Crippen molar-refractivity contribution < 1.29 is 28.3 Å². The number of rotatable bonds is 5. The third-order valence-electron chi connectivity index (χ3n) is 3.63. The first-order valence-electron chi connectivity index (χ1n) is 7.58. The molecule has 26 heavy (non-hydrogen) atoms. The van der Waals surface area contributed by atoms with Gasteiger partial charge in [0.1, 0.15) is 11.5 Å². The average molecular weight is 373 g/mol. The van der Waals surface area contributed by atoms with Crippen LogP contribution in [0.2, 0.25) is 0 Å². The van der Waals surface area contributed by atoms with Crippen LogP contribution in [0.15, 0.2) is 45.7 Å². The lowest BCUT2D eigenvalue weighted by Gasteiger charge is -2.09. The summed E-state index contributed by atoms with van der Waals surface area (Å²) in [4.78, 5) is 37.5. The van der Waals surface area contributed by atoms with Crippen LogP contribution in [0.5, 0.6) is 5.75 Å². The molecule has 1 saturated heterocycles. The van der Waals surface area contributed by atoms with Crippen LogP contribution in [-0.4, -0.2) is 36.2 Å². The van der Waals surface area contributed by atoms with Crippen LogP contribution in [0.3, 0.4) is 0 Å². The molecule has 0 saturated carbocycles.